The van der Waals surface area contributed by atoms with E-state index in [1.165, 1.54) is 11.1 Å². The van der Waals surface area contributed by atoms with Gasteiger partial charge in [0.2, 0.25) is 0 Å². The quantitative estimate of drug-likeness (QED) is 0.861. The summed E-state index contributed by atoms with van der Waals surface area (Å²) in [7, 11) is 0. The van der Waals surface area contributed by atoms with Crippen molar-refractivity contribution >= 4 is 17.7 Å². The Labute approximate surface area is 166 Å². The monoisotopic (exact) mass is 381 g/mol. The number of carbonyl (C=O) groups excluding carboxylic acids is 2. The van der Waals surface area contributed by atoms with E-state index in [1.54, 1.807) is 31.2 Å². The van der Waals surface area contributed by atoms with Gasteiger partial charge in [0.05, 0.1) is 6.61 Å². The smallest absolute Gasteiger partial charge is 0.411 e. The molecule has 28 heavy (non-hydrogen) atoms. The number of anilines is 1. The molecule has 1 saturated heterocycles. The van der Waals surface area contributed by atoms with Crippen LogP contribution >= 0.6 is 0 Å². The van der Waals surface area contributed by atoms with Gasteiger partial charge in [-0.1, -0.05) is 24.3 Å². The minimum atomic E-state index is -0.494. The number of aryl methyl sites for hydroxylation is 1. The average molecular weight is 381 g/mol. The Balaban J connectivity index is 1.52. The van der Waals surface area contributed by atoms with Crippen molar-refractivity contribution in [2.75, 3.05) is 38.1 Å². The minimum Gasteiger partial charge on any atom is -0.450 e. The van der Waals surface area contributed by atoms with Gasteiger partial charge >= 0.3 is 6.09 Å². The molecule has 0 atom stereocenters. The molecule has 2 amide bonds. The number of piperazine rings is 1. The molecule has 148 valence electrons. The third kappa shape index (κ3) is 5.10. The van der Waals surface area contributed by atoms with Crippen LogP contribution in [0.25, 0.3) is 0 Å². The van der Waals surface area contributed by atoms with Crippen LogP contribution in [-0.4, -0.2) is 54.6 Å². The van der Waals surface area contributed by atoms with Gasteiger partial charge in [-0.15, -0.1) is 0 Å². The predicted octanol–water partition coefficient (Wildman–Crippen LogP) is 3.52. The number of nitrogens with one attached hydrogen (secondary N) is 1. The van der Waals surface area contributed by atoms with Gasteiger partial charge in [-0.25, -0.2) is 4.79 Å². The van der Waals surface area contributed by atoms with E-state index < -0.39 is 6.09 Å². The van der Waals surface area contributed by atoms with Gasteiger partial charge in [-0.2, -0.15) is 0 Å². The van der Waals surface area contributed by atoms with Crippen LogP contribution in [0.3, 0.4) is 0 Å². The Kier molecular flexibility index (Phi) is 6.66. The zero-order valence-electron chi connectivity index (χ0n) is 16.5. The van der Waals surface area contributed by atoms with Crippen molar-refractivity contribution in [3.8, 4) is 0 Å². The maximum atomic E-state index is 12.8. The topological polar surface area (TPSA) is 61.9 Å². The summed E-state index contributed by atoms with van der Waals surface area (Å²) < 4.78 is 4.85. The summed E-state index contributed by atoms with van der Waals surface area (Å²) in [5.41, 5.74) is 3.88. The van der Waals surface area contributed by atoms with Crippen molar-refractivity contribution in [3.05, 3.63) is 65.2 Å². The predicted molar refractivity (Wildman–Crippen MR) is 109 cm³/mol. The maximum Gasteiger partial charge on any atom is 0.411 e. The van der Waals surface area contributed by atoms with Gasteiger partial charge in [-0.3, -0.25) is 15.0 Å². The molecule has 6 nitrogen and oxygen atoms in total. The van der Waals surface area contributed by atoms with E-state index in [9.17, 15) is 9.59 Å². The molecular weight excluding hydrogens is 354 g/mol. The first-order valence-corrected chi connectivity index (χ1v) is 9.67. The van der Waals surface area contributed by atoms with Crippen molar-refractivity contribution < 1.29 is 14.3 Å². The number of nitrogens with zero attached hydrogens (tertiary/aromatic N) is 2. The molecule has 1 heterocycles. The Morgan fingerprint density at radius 3 is 2.32 bits per heavy atom. The van der Waals surface area contributed by atoms with E-state index in [2.05, 4.69) is 41.4 Å². The largest absolute Gasteiger partial charge is 0.450 e. The van der Waals surface area contributed by atoms with Gasteiger partial charge in [0, 0.05) is 44.0 Å². The summed E-state index contributed by atoms with van der Waals surface area (Å²) in [6.45, 7) is 8.28. The van der Waals surface area contributed by atoms with Crippen molar-refractivity contribution in [3.63, 3.8) is 0 Å². The maximum absolute atomic E-state index is 12.8. The second kappa shape index (κ2) is 9.37. The summed E-state index contributed by atoms with van der Waals surface area (Å²) in [5.74, 6) is 0.0261. The van der Waals surface area contributed by atoms with Crippen LogP contribution in [-0.2, 0) is 11.3 Å². The van der Waals surface area contributed by atoms with E-state index in [4.69, 9.17) is 4.74 Å². The van der Waals surface area contributed by atoms with Crippen LogP contribution < -0.4 is 5.32 Å². The highest BCUT2D eigenvalue weighted by Gasteiger charge is 2.22. The highest BCUT2D eigenvalue weighted by molar-refractivity contribution is 5.95. The molecule has 2 aromatic carbocycles. The molecule has 0 aliphatic carbocycles. The van der Waals surface area contributed by atoms with E-state index in [1.807, 2.05) is 4.90 Å². The zero-order valence-corrected chi connectivity index (χ0v) is 16.5. The highest BCUT2D eigenvalue weighted by atomic mass is 16.5. The molecule has 0 unspecified atom stereocenters. The molecule has 2 aromatic rings. The number of hydrogen-bond donors (Lipinski definition) is 1. The summed E-state index contributed by atoms with van der Waals surface area (Å²) in [6.07, 6.45) is -0.494. The lowest BCUT2D eigenvalue weighted by Crippen LogP contribution is -2.48. The number of benzene rings is 2. The molecule has 1 fully saturated rings. The van der Waals surface area contributed by atoms with Crippen LogP contribution in [0.1, 0.15) is 28.4 Å². The fraction of sp³-hybridized carbons (Fsp3) is 0.364. The van der Waals surface area contributed by atoms with Crippen molar-refractivity contribution in [1.29, 1.82) is 0 Å². The normalized spacial score (nSPS) is 14.6. The number of rotatable bonds is 5. The van der Waals surface area contributed by atoms with Gasteiger partial charge in [0.15, 0.2) is 0 Å². The van der Waals surface area contributed by atoms with Gasteiger partial charge in [0.1, 0.15) is 0 Å². The fourth-order valence-electron chi connectivity index (χ4n) is 3.30. The van der Waals surface area contributed by atoms with Crippen LogP contribution in [0.15, 0.2) is 48.5 Å². The van der Waals surface area contributed by atoms with Crippen molar-refractivity contribution in [2.45, 2.75) is 20.4 Å². The minimum absolute atomic E-state index is 0.0261. The first kappa shape index (κ1) is 19.9. The molecule has 6 heteroatoms. The summed E-state index contributed by atoms with van der Waals surface area (Å²) in [5, 5.41) is 2.63. The number of amides is 2. The van der Waals surface area contributed by atoms with Crippen LogP contribution in [0.5, 0.6) is 0 Å². The molecule has 0 saturated carbocycles. The number of hydrogen-bond acceptors (Lipinski definition) is 4. The fourth-order valence-corrected chi connectivity index (χ4v) is 3.30. The average Bonchev–Trinajstić information content (AvgIpc) is 2.70. The molecule has 0 bridgehead atoms. The molecule has 1 aliphatic heterocycles. The molecule has 0 aromatic heterocycles. The third-order valence-corrected chi connectivity index (χ3v) is 4.97. The lowest BCUT2D eigenvalue weighted by Gasteiger charge is -2.35. The van der Waals surface area contributed by atoms with Gasteiger partial charge in [0.25, 0.3) is 5.91 Å². The molecule has 0 radical (unpaired) electrons. The Hall–Kier alpha value is -2.86. The SMILES string of the molecule is CCOC(=O)Nc1ccc(C(=O)N2CCN(Cc3ccccc3C)CC2)cc1. The number of carbonyl (C=O) groups is 2. The summed E-state index contributed by atoms with van der Waals surface area (Å²) >= 11 is 0. The Morgan fingerprint density at radius 1 is 1.00 bits per heavy atom. The standard InChI is InChI=1S/C22H27N3O3/c1-3-28-22(27)23-20-10-8-18(9-11-20)21(26)25-14-12-24(13-15-25)16-19-7-5-4-6-17(19)2/h4-11H,3,12-16H2,1-2H3,(H,23,27). The van der Waals surface area contributed by atoms with Crippen LogP contribution in [0, 0.1) is 6.92 Å². The van der Waals surface area contributed by atoms with Crippen LogP contribution in [0.2, 0.25) is 0 Å². The van der Waals surface area contributed by atoms with E-state index in [0.717, 1.165) is 19.6 Å². The second-order valence-corrected chi connectivity index (χ2v) is 6.92. The molecule has 3 rings (SSSR count). The van der Waals surface area contributed by atoms with Gasteiger partial charge in [-0.05, 0) is 49.2 Å². The van der Waals surface area contributed by atoms with Crippen molar-refractivity contribution in [1.82, 2.24) is 9.80 Å². The summed E-state index contributed by atoms with van der Waals surface area (Å²) in [6, 6.07) is 15.4. The molecule has 0 spiro atoms. The molecular formula is C22H27N3O3. The molecule has 1 aliphatic rings. The zero-order chi connectivity index (χ0) is 19.9. The Bertz CT molecular complexity index is 812. The van der Waals surface area contributed by atoms with E-state index >= 15 is 0 Å². The van der Waals surface area contributed by atoms with Crippen molar-refractivity contribution in [2.24, 2.45) is 0 Å². The third-order valence-electron chi connectivity index (χ3n) is 4.97. The molecule has 1 N–H and O–H groups in total. The summed E-state index contributed by atoms with van der Waals surface area (Å²) in [4.78, 5) is 28.5. The lowest BCUT2D eigenvalue weighted by atomic mass is 10.1. The second-order valence-electron chi connectivity index (χ2n) is 6.92. The first-order chi connectivity index (χ1) is 13.6. The van der Waals surface area contributed by atoms with E-state index in [0.29, 0.717) is 30.9 Å². The first-order valence-electron chi connectivity index (χ1n) is 9.67. The van der Waals surface area contributed by atoms with E-state index in [-0.39, 0.29) is 5.91 Å². The highest BCUT2D eigenvalue weighted by Crippen LogP contribution is 2.16. The Morgan fingerprint density at radius 2 is 1.68 bits per heavy atom. The lowest BCUT2D eigenvalue weighted by molar-refractivity contribution is 0.0628. The number of ether oxygens (including phenoxy) is 1. The van der Waals surface area contributed by atoms with Crippen LogP contribution in [0.4, 0.5) is 10.5 Å². The van der Waals surface area contributed by atoms with Gasteiger partial charge < -0.3 is 9.64 Å².